The highest BCUT2D eigenvalue weighted by Gasteiger charge is 2.19. The molecule has 2 N–H and O–H groups in total. The van der Waals surface area contributed by atoms with Gasteiger partial charge in [0.25, 0.3) is 0 Å². The summed E-state index contributed by atoms with van der Waals surface area (Å²) in [5.41, 5.74) is -0.191. The Morgan fingerprint density at radius 1 is 1.12 bits per heavy atom. The first kappa shape index (κ1) is 17.1. The molecule has 130 valence electrons. The monoisotopic (exact) mass is 362 g/mol. The summed E-state index contributed by atoms with van der Waals surface area (Å²) < 4.78 is 30.0. The van der Waals surface area contributed by atoms with Crippen molar-refractivity contribution < 1.29 is 27.8 Å². The number of sulfone groups is 1. The van der Waals surface area contributed by atoms with Crippen molar-refractivity contribution in [2.75, 3.05) is 5.75 Å². The second-order valence-electron chi connectivity index (χ2n) is 5.74. The molecule has 0 bridgehead atoms. The van der Waals surface area contributed by atoms with E-state index in [0.717, 1.165) is 0 Å². The van der Waals surface area contributed by atoms with Gasteiger partial charge in [0.05, 0.1) is 33.1 Å². The molecule has 0 saturated carbocycles. The molecule has 0 saturated heterocycles. The quantitative estimate of drug-likeness (QED) is 0.679. The fraction of sp³-hybridized carbons (Fsp3) is 0.176. The molecule has 3 rings (SSSR count). The Morgan fingerprint density at radius 3 is 2.32 bits per heavy atom. The van der Waals surface area contributed by atoms with Crippen molar-refractivity contribution in [2.45, 2.75) is 17.9 Å². The highest BCUT2D eigenvalue weighted by molar-refractivity contribution is 7.91. The molecule has 1 heterocycles. The fourth-order valence-corrected chi connectivity index (χ4v) is 3.98. The van der Waals surface area contributed by atoms with Crippen LogP contribution in [0.4, 0.5) is 0 Å². The molecule has 1 aromatic heterocycles. The van der Waals surface area contributed by atoms with Crippen LogP contribution in [0.25, 0.3) is 21.9 Å². The van der Waals surface area contributed by atoms with Crippen molar-refractivity contribution in [3.63, 3.8) is 0 Å². The van der Waals surface area contributed by atoms with E-state index >= 15 is 0 Å². The van der Waals surface area contributed by atoms with Gasteiger partial charge in [-0.1, -0.05) is 0 Å². The van der Waals surface area contributed by atoms with Gasteiger partial charge < -0.3 is 14.6 Å². The number of aliphatic hydroxyl groups excluding tert-OH is 1. The number of benzene rings is 2. The number of rotatable bonds is 4. The van der Waals surface area contributed by atoms with Crippen molar-refractivity contribution in [3.05, 3.63) is 52.2 Å². The highest BCUT2D eigenvalue weighted by atomic mass is 32.2. The predicted molar refractivity (Wildman–Crippen MR) is 90.7 cm³/mol. The second kappa shape index (κ2) is 5.98. The van der Waals surface area contributed by atoms with E-state index in [1.807, 2.05) is 0 Å². The summed E-state index contributed by atoms with van der Waals surface area (Å²) in [4.78, 5) is 23.6. The van der Waals surface area contributed by atoms with E-state index in [-0.39, 0.29) is 32.4 Å². The zero-order valence-corrected chi connectivity index (χ0v) is 13.9. The number of hydrogen-bond acceptors (Lipinski definition) is 6. The Kier molecular flexibility index (Phi) is 4.09. The van der Waals surface area contributed by atoms with Crippen molar-refractivity contribution in [2.24, 2.45) is 0 Å². The first-order valence-electron chi connectivity index (χ1n) is 7.34. The SMILES string of the molecule is CC(O)CS(=O)(=O)c1ccc2oc3ccc(C(=O)O)cc3c(=O)c2c1. The van der Waals surface area contributed by atoms with Gasteiger partial charge in [-0.3, -0.25) is 4.79 Å². The molecular weight excluding hydrogens is 348 g/mol. The lowest BCUT2D eigenvalue weighted by Gasteiger charge is -2.08. The third-order valence-corrected chi connectivity index (χ3v) is 5.60. The Bertz CT molecular complexity index is 1160. The molecule has 0 spiro atoms. The van der Waals surface area contributed by atoms with Crippen LogP contribution in [0.15, 0.2) is 50.5 Å². The zero-order valence-electron chi connectivity index (χ0n) is 13.1. The lowest BCUT2D eigenvalue weighted by molar-refractivity contribution is 0.0697. The molecule has 1 atom stereocenters. The maximum Gasteiger partial charge on any atom is 0.335 e. The average Bonchev–Trinajstić information content (AvgIpc) is 2.53. The number of hydrogen-bond donors (Lipinski definition) is 2. The van der Waals surface area contributed by atoms with Gasteiger partial charge in [0, 0.05) is 0 Å². The number of carboxylic acid groups (broad SMARTS) is 1. The molecule has 2 aromatic carbocycles. The maximum atomic E-state index is 12.7. The molecule has 0 aliphatic rings. The predicted octanol–water partition coefficient (Wildman–Crippen LogP) is 1.80. The van der Waals surface area contributed by atoms with Gasteiger partial charge in [0.2, 0.25) is 5.43 Å². The van der Waals surface area contributed by atoms with Crippen LogP contribution < -0.4 is 5.43 Å². The van der Waals surface area contributed by atoms with Gasteiger partial charge >= 0.3 is 5.97 Å². The van der Waals surface area contributed by atoms with Crippen LogP contribution in [0.1, 0.15) is 17.3 Å². The smallest absolute Gasteiger partial charge is 0.335 e. The molecule has 0 aliphatic carbocycles. The van der Waals surface area contributed by atoms with Crippen molar-refractivity contribution in [1.82, 2.24) is 0 Å². The molecule has 8 heteroatoms. The van der Waals surface area contributed by atoms with Crippen molar-refractivity contribution in [3.8, 4) is 0 Å². The zero-order chi connectivity index (χ0) is 18.4. The summed E-state index contributed by atoms with van der Waals surface area (Å²) in [7, 11) is -3.77. The van der Waals surface area contributed by atoms with Gasteiger partial charge in [-0.25, -0.2) is 13.2 Å². The number of carboxylic acids is 1. The van der Waals surface area contributed by atoms with E-state index < -0.39 is 33.1 Å². The largest absolute Gasteiger partial charge is 0.478 e. The molecule has 0 fully saturated rings. The Labute approximate surface area is 142 Å². The van der Waals surface area contributed by atoms with Gasteiger partial charge in [-0.2, -0.15) is 0 Å². The molecule has 7 nitrogen and oxygen atoms in total. The van der Waals surface area contributed by atoms with Crippen LogP contribution in [-0.2, 0) is 9.84 Å². The first-order chi connectivity index (χ1) is 11.7. The minimum Gasteiger partial charge on any atom is -0.478 e. The number of fused-ring (bicyclic) bond motifs is 2. The normalized spacial score (nSPS) is 13.2. The molecule has 0 radical (unpaired) electrons. The van der Waals surface area contributed by atoms with E-state index in [2.05, 4.69) is 0 Å². The number of carbonyl (C=O) groups is 1. The number of aliphatic hydroxyl groups is 1. The third kappa shape index (κ3) is 3.13. The van der Waals surface area contributed by atoms with Gasteiger partial charge in [0.1, 0.15) is 11.2 Å². The molecule has 0 amide bonds. The van der Waals surface area contributed by atoms with Crippen molar-refractivity contribution >= 4 is 37.7 Å². The topological polar surface area (TPSA) is 122 Å². The van der Waals surface area contributed by atoms with E-state index in [4.69, 9.17) is 9.52 Å². The van der Waals surface area contributed by atoms with E-state index in [9.17, 15) is 23.1 Å². The summed E-state index contributed by atoms with van der Waals surface area (Å²) in [6.07, 6.45) is -1.05. The lowest BCUT2D eigenvalue weighted by atomic mass is 10.1. The summed E-state index contributed by atoms with van der Waals surface area (Å²) in [6, 6.07) is 7.76. The minimum atomic E-state index is -3.77. The lowest BCUT2D eigenvalue weighted by Crippen LogP contribution is -2.18. The maximum absolute atomic E-state index is 12.7. The average molecular weight is 362 g/mol. The van der Waals surface area contributed by atoms with Crippen LogP contribution in [0.2, 0.25) is 0 Å². The van der Waals surface area contributed by atoms with Gasteiger partial charge in [-0.05, 0) is 43.3 Å². The fourth-order valence-electron chi connectivity index (χ4n) is 2.58. The standard InChI is InChI=1S/C17H14O7S/c1-9(18)8-25(22,23)11-3-5-15-13(7-11)16(19)12-6-10(17(20)21)2-4-14(12)24-15/h2-7,9,18H,8H2,1H3,(H,20,21). The van der Waals surface area contributed by atoms with Crippen molar-refractivity contribution in [1.29, 1.82) is 0 Å². The molecule has 0 aliphatic heterocycles. The van der Waals surface area contributed by atoms with Crippen LogP contribution in [-0.4, -0.2) is 36.5 Å². The van der Waals surface area contributed by atoms with E-state index in [0.29, 0.717) is 0 Å². The molecule has 25 heavy (non-hydrogen) atoms. The second-order valence-corrected chi connectivity index (χ2v) is 7.77. The summed E-state index contributed by atoms with van der Waals surface area (Å²) in [6.45, 7) is 1.36. The third-order valence-electron chi connectivity index (χ3n) is 3.71. The van der Waals surface area contributed by atoms with E-state index in [1.165, 1.54) is 43.3 Å². The first-order valence-corrected chi connectivity index (χ1v) is 8.99. The van der Waals surface area contributed by atoms with Crippen LogP contribution >= 0.6 is 0 Å². The highest BCUT2D eigenvalue weighted by Crippen LogP contribution is 2.23. The summed E-state index contributed by atoms with van der Waals surface area (Å²) in [5, 5.41) is 18.5. The van der Waals surface area contributed by atoms with Gasteiger partial charge in [0.15, 0.2) is 9.84 Å². The Morgan fingerprint density at radius 2 is 1.72 bits per heavy atom. The molecule has 1 unspecified atom stereocenters. The minimum absolute atomic E-state index is 0.0294. The van der Waals surface area contributed by atoms with Crippen LogP contribution in [0.5, 0.6) is 0 Å². The molecule has 3 aromatic rings. The van der Waals surface area contributed by atoms with E-state index in [1.54, 1.807) is 0 Å². The summed E-state index contributed by atoms with van der Waals surface area (Å²) in [5.74, 6) is -1.66. The molecular formula is C17H14O7S. The Hall–Kier alpha value is -2.71. The Balaban J connectivity index is 2.29. The number of aromatic carboxylic acids is 1. The summed E-state index contributed by atoms with van der Waals surface area (Å²) >= 11 is 0. The van der Waals surface area contributed by atoms with Gasteiger partial charge in [-0.15, -0.1) is 0 Å². The van der Waals surface area contributed by atoms with Crippen LogP contribution in [0, 0.1) is 0 Å². The van der Waals surface area contributed by atoms with Crippen LogP contribution in [0.3, 0.4) is 0 Å².